The molecule has 7 nitrogen and oxygen atoms in total. The van der Waals surface area contributed by atoms with Crippen LogP contribution in [0.3, 0.4) is 0 Å². The van der Waals surface area contributed by atoms with Gasteiger partial charge in [0.15, 0.2) is 0 Å². The molecule has 3 heterocycles. The lowest BCUT2D eigenvalue weighted by Gasteiger charge is -2.43. The molecule has 1 fully saturated rings. The van der Waals surface area contributed by atoms with Gasteiger partial charge in [-0.15, -0.1) is 0 Å². The van der Waals surface area contributed by atoms with E-state index in [1.165, 1.54) is 0 Å². The molecule has 2 aromatic carbocycles. The first-order valence-corrected chi connectivity index (χ1v) is 12.6. The predicted octanol–water partition coefficient (Wildman–Crippen LogP) is 4.19. The lowest BCUT2D eigenvalue weighted by Crippen LogP contribution is -2.55. The van der Waals surface area contributed by atoms with Crippen molar-refractivity contribution in [1.29, 1.82) is 0 Å². The summed E-state index contributed by atoms with van der Waals surface area (Å²) >= 11 is 6.24. The molecule has 8 heteroatoms. The molecule has 3 amide bonds. The third-order valence-electron chi connectivity index (χ3n) is 7.10. The van der Waals surface area contributed by atoms with Crippen molar-refractivity contribution < 1.29 is 9.59 Å². The second-order valence-electron chi connectivity index (χ2n) is 9.75. The van der Waals surface area contributed by atoms with Crippen LogP contribution in [0.1, 0.15) is 29.2 Å². The lowest BCUT2D eigenvalue weighted by molar-refractivity contribution is -0.118. The van der Waals surface area contributed by atoms with Gasteiger partial charge in [0.2, 0.25) is 5.91 Å². The first-order valence-electron chi connectivity index (χ1n) is 12.2. The fourth-order valence-electron chi connectivity index (χ4n) is 5.26. The number of pyridine rings is 1. The number of rotatable bonds is 5. The van der Waals surface area contributed by atoms with Crippen LogP contribution in [0.2, 0.25) is 5.02 Å². The number of hydrogen-bond acceptors (Lipinski definition) is 3. The van der Waals surface area contributed by atoms with Crippen LogP contribution >= 0.6 is 11.6 Å². The first kappa shape index (κ1) is 24.1. The van der Waals surface area contributed by atoms with Gasteiger partial charge in [0.1, 0.15) is 6.04 Å². The van der Waals surface area contributed by atoms with Crippen molar-refractivity contribution in [3.8, 4) is 0 Å². The van der Waals surface area contributed by atoms with Crippen LogP contribution in [0.5, 0.6) is 0 Å². The fourth-order valence-corrected chi connectivity index (χ4v) is 5.44. The number of anilines is 1. The van der Waals surface area contributed by atoms with E-state index in [-0.39, 0.29) is 29.3 Å². The number of hydrogen-bond donors (Lipinski definition) is 2. The van der Waals surface area contributed by atoms with Crippen LogP contribution in [0, 0.1) is 12.8 Å². The van der Waals surface area contributed by atoms with Gasteiger partial charge in [0, 0.05) is 54.4 Å². The standard InChI is InChI=1S/C28H29ClN4O3/c1-18-10-11-22(14-23(18)29)30-27(35)24(13-19-6-3-2-4-7-19)31-28(36)32-15-20-12-21(17-32)25-8-5-9-26(34)33(25)16-20/h2-11,14,20-21,24H,12-13,15-17H2,1H3,(H,30,35)(H,31,36)/t20-,21-,24-/m0/s1. The van der Waals surface area contributed by atoms with E-state index in [0.29, 0.717) is 36.8 Å². The maximum atomic E-state index is 13.4. The van der Waals surface area contributed by atoms with Crippen molar-refractivity contribution in [3.05, 3.63) is 98.9 Å². The van der Waals surface area contributed by atoms with Crippen molar-refractivity contribution in [2.75, 3.05) is 18.4 Å². The molecule has 1 aromatic heterocycles. The summed E-state index contributed by atoms with van der Waals surface area (Å²) in [5, 5.41) is 6.45. The van der Waals surface area contributed by atoms with Gasteiger partial charge in [-0.1, -0.05) is 54.1 Å². The molecule has 36 heavy (non-hydrogen) atoms. The normalized spacial score (nSPS) is 19.2. The van der Waals surface area contributed by atoms with Crippen molar-refractivity contribution in [1.82, 2.24) is 14.8 Å². The van der Waals surface area contributed by atoms with Gasteiger partial charge in [-0.25, -0.2) is 4.79 Å². The maximum Gasteiger partial charge on any atom is 0.318 e. The zero-order chi connectivity index (χ0) is 25.2. The van der Waals surface area contributed by atoms with Crippen LogP contribution in [0.15, 0.2) is 71.5 Å². The summed E-state index contributed by atoms with van der Waals surface area (Å²) in [6.07, 6.45) is 1.31. The Labute approximate surface area is 215 Å². The molecule has 3 atom stereocenters. The number of halogens is 1. The van der Waals surface area contributed by atoms with E-state index in [1.54, 1.807) is 29.2 Å². The van der Waals surface area contributed by atoms with E-state index < -0.39 is 6.04 Å². The fraction of sp³-hybridized carbons (Fsp3) is 0.321. The minimum Gasteiger partial charge on any atom is -0.326 e. The highest BCUT2D eigenvalue weighted by molar-refractivity contribution is 6.31. The minimum absolute atomic E-state index is 0.0101. The Bertz CT molecular complexity index is 1340. The molecule has 5 rings (SSSR count). The molecule has 3 aromatic rings. The Kier molecular flexibility index (Phi) is 6.83. The number of aromatic nitrogens is 1. The quantitative estimate of drug-likeness (QED) is 0.546. The van der Waals surface area contributed by atoms with E-state index >= 15 is 0 Å². The molecule has 0 aliphatic carbocycles. The molecular weight excluding hydrogens is 476 g/mol. The van der Waals surface area contributed by atoms with Gasteiger partial charge in [0.05, 0.1) is 0 Å². The Morgan fingerprint density at radius 3 is 2.61 bits per heavy atom. The van der Waals surface area contributed by atoms with E-state index in [0.717, 1.165) is 23.2 Å². The van der Waals surface area contributed by atoms with Crippen molar-refractivity contribution in [2.45, 2.75) is 38.3 Å². The molecule has 2 aliphatic rings. The topological polar surface area (TPSA) is 83.4 Å². The first-order chi connectivity index (χ1) is 17.4. The van der Waals surface area contributed by atoms with E-state index in [2.05, 4.69) is 10.6 Å². The Hall–Kier alpha value is -3.58. The summed E-state index contributed by atoms with van der Waals surface area (Å²) < 4.78 is 1.84. The molecule has 0 unspecified atom stereocenters. The van der Waals surface area contributed by atoms with E-state index in [4.69, 9.17) is 11.6 Å². The highest BCUT2D eigenvalue weighted by Gasteiger charge is 2.37. The van der Waals surface area contributed by atoms with Gasteiger partial charge in [-0.05, 0) is 48.6 Å². The second kappa shape index (κ2) is 10.2. The predicted molar refractivity (Wildman–Crippen MR) is 140 cm³/mol. The van der Waals surface area contributed by atoms with Crippen LogP contribution in [0.25, 0.3) is 0 Å². The number of likely N-dealkylation sites (tertiary alicyclic amines) is 1. The Morgan fingerprint density at radius 2 is 1.83 bits per heavy atom. The molecular formula is C28H29ClN4O3. The third kappa shape index (κ3) is 5.16. The molecule has 2 bridgehead atoms. The highest BCUT2D eigenvalue weighted by Crippen LogP contribution is 2.35. The number of benzene rings is 2. The molecule has 0 radical (unpaired) electrons. The number of urea groups is 1. The summed E-state index contributed by atoms with van der Waals surface area (Å²) in [4.78, 5) is 40.8. The average Bonchev–Trinajstić information content (AvgIpc) is 2.87. The van der Waals surface area contributed by atoms with Crippen molar-refractivity contribution in [3.63, 3.8) is 0 Å². The monoisotopic (exact) mass is 504 g/mol. The second-order valence-corrected chi connectivity index (χ2v) is 10.2. The smallest absolute Gasteiger partial charge is 0.318 e. The van der Waals surface area contributed by atoms with Gasteiger partial charge in [-0.3, -0.25) is 9.59 Å². The summed E-state index contributed by atoms with van der Waals surface area (Å²) in [5.74, 6) is 0.00711. The molecule has 0 spiro atoms. The molecule has 2 N–H and O–H groups in total. The van der Waals surface area contributed by atoms with Crippen molar-refractivity contribution in [2.24, 2.45) is 5.92 Å². The zero-order valence-electron chi connectivity index (χ0n) is 20.1. The molecule has 186 valence electrons. The number of carbonyl (C=O) groups is 2. The largest absolute Gasteiger partial charge is 0.326 e. The number of carbonyl (C=O) groups excluding carboxylic acids is 2. The van der Waals surface area contributed by atoms with Gasteiger partial charge in [0.25, 0.3) is 5.56 Å². The lowest BCUT2D eigenvalue weighted by atomic mass is 9.83. The summed E-state index contributed by atoms with van der Waals surface area (Å²) in [6, 6.07) is 19.3. The number of amides is 3. The average molecular weight is 505 g/mol. The highest BCUT2D eigenvalue weighted by atomic mass is 35.5. The number of fused-ring (bicyclic) bond motifs is 4. The van der Waals surface area contributed by atoms with Gasteiger partial charge < -0.3 is 20.1 Å². The van der Waals surface area contributed by atoms with Crippen LogP contribution in [-0.2, 0) is 17.8 Å². The maximum absolute atomic E-state index is 13.4. The number of nitrogens with zero attached hydrogens (tertiary/aromatic N) is 2. The van der Waals surface area contributed by atoms with Crippen molar-refractivity contribution >= 4 is 29.2 Å². The number of piperidine rings is 1. The van der Waals surface area contributed by atoms with Crippen LogP contribution < -0.4 is 16.2 Å². The SMILES string of the molecule is Cc1ccc(NC(=O)[C@H](Cc2ccccc2)NC(=O)N2C[C@@H]3C[C@@H](C2)c2cccc(=O)n2C3)cc1Cl. The zero-order valence-corrected chi connectivity index (χ0v) is 20.9. The van der Waals surface area contributed by atoms with Crippen LogP contribution in [-0.4, -0.2) is 40.5 Å². The molecule has 2 aliphatic heterocycles. The summed E-state index contributed by atoms with van der Waals surface area (Å²) in [7, 11) is 0. The third-order valence-corrected chi connectivity index (χ3v) is 7.51. The number of aryl methyl sites for hydroxylation is 1. The summed E-state index contributed by atoms with van der Waals surface area (Å²) in [5.41, 5.74) is 3.44. The van der Waals surface area contributed by atoms with Gasteiger partial charge >= 0.3 is 6.03 Å². The van der Waals surface area contributed by atoms with Crippen LogP contribution in [0.4, 0.5) is 10.5 Å². The molecule has 0 saturated carbocycles. The Morgan fingerprint density at radius 1 is 1.03 bits per heavy atom. The molecule has 1 saturated heterocycles. The van der Waals surface area contributed by atoms with E-state index in [9.17, 15) is 14.4 Å². The van der Waals surface area contributed by atoms with E-state index in [1.807, 2.05) is 54.0 Å². The Balaban J connectivity index is 1.33. The van der Waals surface area contributed by atoms with Gasteiger partial charge in [-0.2, -0.15) is 0 Å². The summed E-state index contributed by atoms with van der Waals surface area (Å²) in [6.45, 7) is 3.57. The number of nitrogens with one attached hydrogen (secondary N) is 2. The minimum atomic E-state index is -0.767.